The standard InChI is InChI=1S/C23H15F2N3O3S2/c24-16-8-7-13(10-17(16)25)26-19(29)12-33-23-27-20-15-5-1-2-6-18(15)31-21(20)22(30)28(23)11-14-4-3-9-32-14/h1-10H,11-12H2,(H,26,29). The third kappa shape index (κ3) is 4.27. The summed E-state index contributed by atoms with van der Waals surface area (Å²) in [5.74, 6) is -2.58. The minimum absolute atomic E-state index is 0.0861. The molecule has 3 aromatic heterocycles. The van der Waals surface area contributed by atoms with Crippen LogP contribution in [0.5, 0.6) is 0 Å². The minimum Gasteiger partial charge on any atom is -0.448 e. The van der Waals surface area contributed by atoms with E-state index >= 15 is 0 Å². The van der Waals surface area contributed by atoms with Gasteiger partial charge in [-0.1, -0.05) is 30.0 Å². The summed E-state index contributed by atoms with van der Waals surface area (Å²) in [5, 5.41) is 5.50. The molecule has 0 unspecified atom stereocenters. The predicted octanol–water partition coefficient (Wildman–Crippen LogP) is 5.26. The Kier molecular flexibility index (Phi) is 5.69. The number of benzene rings is 2. The van der Waals surface area contributed by atoms with Crippen LogP contribution in [0.25, 0.3) is 22.1 Å². The Balaban J connectivity index is 1.48. The van der Waals surface area contributed by atoms with Crippen LogP contribution < -0.4 is 10.9 Å². The number of hydrogen-bond donors (Lipinski definition) is 1. The molecule has 3 heterocycles. The highest BCUT2D eigenvalue weighted by atomic mass is 32.2. The first-order chi connectivity index (χ1) is 16.0. The number of nitrogens with one attached hydrogen (secondary N) is 1. The number of fused-ring (bicyclic) bond motifs is 3. The number of aromatic nitrogens is 2. The van der Waals surface area contributed by atoms with Crippen LogP contribution in [0.15, 0.2) is 74.3 Å². The lowest BCUT2D eigenvalue weighted by Gasteiger charge is -2.11. The van der Waals surface area contributed by atoms with Gasteiger partial charge in [-0.15, -0.1) is 11.3 Å². The number of para-hydroxylation sites is 1. The number of carbonyl (C=O) groups excluding carboxylic acids is 1. The van der Waals surface area contributed by atoms with Crippen LogP contribution in [0.1, 0.15) is 4.88 Å². The Morgan fingerprint density at radius 1 is 1.12 bits per heavy atom. The summed E-state index contributed by atoms with van der Waals surface area (Å²) in [7, 11) is 0. The van der Waals surface area contributed by atoms with Crippen LogP contribution in [0.4, 0.5) is 14.5 Å². The van der Waals surface area contributed by atoms with Crippen LogP contribution in [0.3, 0.4) is 0 Å². The smallest absolute Gasteiger partial charge is 0.298 e. The average Bonchev–Trinajstić information content (AvgIpc) is 3.45. The molecule has 0 bridgehead atoms. The van der Waals surface area contributed by atoms with Crippen LogP contribution in [-0.2, 0) is 11.3 Å². The molecule has 166 valence electrons. The van der Waals surface area contributed by atoms with Gasteiger partial charge in [0.15, 0.2) is 16.8 Å². The van der Waals surface area contributed by atoms with Crippen LogP contribution in [0, 0.1) is 11.6 Å². The van der Waals surface area contributed by atoms with Crippen molar-refractivity contribution in [2.45, 2.75) is 11.7 Å². The molecule has 2 aromatic carbocycles. The number of hydrogen-bond acceptors (Lipinski definition) is 6. The molecule has 0 atom stereocenters. The average molecular weight is 484 g/mol. The van der Waals surface area contributed by atoms with Crippen molar-refractivity contribution >= 4 is 56.8 Å². The molecular formula is C23H15F2N3O3S2. The maximum Gasteiger partial charge on any atom is 0.298 e. The summed E-state index contributed by atoms with van der Waals surface area (Å²) < 4.78 is 33.8. The third-order valence-corrected chi connectivity index (χ3v) is 6.71. The zero-order chi connectivity index (χ0) is 22.9. The van der Waals surface area contributed by atoms with Crippen molar-refractivity contribution in [1.29, 1.82) is 0 Å². The van der Waals surface area contributed by atoms with Crippen LogP contribution in [-0.4, -0.2) is 21.2 Å². The van der Waals surface area contributed by atoms with Crippen molar-refractivity contribution in [1.82, 2.24) is 9.55 Å². The van der Waals surface area contributed by atoms with Gasteiger partial charge in [0.05, 0.1) is 12.3 Å². The molecule has 5 aromatic rings. The minimum atomic E-state index is -1.05. The molecule has 0 saturated carbocycles. The summed E-state index contributed by atoms with van der Waals surface area (Å²) >= 11 is 2.58. The Hall–Kier alpha value is -3.50. The monoisotopic (exact) mass is 483 g/mol. The molecule has 6 nitrogen and oxygen atoms in total. The largest absolute Gasteiger partial charge is 0.448 e. The third-order valence-electron chi connectivity index (χ3n) is 4.88. The quantitative estimate of drug-likeness (QED) is 0.263. The number of nitrogens with zero attached hydrogens (tertiary/aromatic N) is 2. The number of anilines is 1. The van der Waals surface area contributed by atoms with Crippen molar-refractivity contribution in [3.8, 4) is 0 Å². The van der Waals surface area contributed by atoms with Gasteiger partial charge in [-0.25, -0.2) is 13.8 Å². The lowest BCUT2D eigenvalue weighted by molar-refractivity contribution is -0.113. The lowest BCUT2D eigenvalue weighted by Crippen LogP contribution is -2.24. The van der Waals surface area contributed by atoms with Crippen LogP contribution >= 0.6 is 23.1 Å². The fraction of sp³-hybridized carbons (Fsp3) is 0.0870. The molecule has 0 saturated heterocycles. The van der Waals surface area contributed by atoms with E-state index in [1.807, 2.05) is 35.7 Å². The summed E-state index contributed by atoms with van der Waals surface area (Å²) in [6.07, 6.45) is 0. The number of rotatable bonds is 6. The molecule has 0 spiro atoms. The zero-order valence-electron chi connectivity index (χ0n) is 16.9. The zero-order valence-corrected chi connectivity index (χ0v) is 18.5. The Labute approximate surface area is 193 Å². The second-order valence-electron chi connectivity index (χ2n) is 7.11. The molecule has 0 radical (unpaired) electrons. The van der Waals surface area contributed by atoms with E-state index in [1.54, 1.807) is 6.07 Å². The van der Waals surface area contributed by atoms with Crippen molar-refractivity contribution in [3.05, 3.63) is 86.8 Å². The Morgan fingerprint density at radius 2 is 1.97 bits per heavy atom. The number of thiophene rings is 1. The van der Waals surface area contributed by atoms with Gasteiger partial charge in [-0.05, 0) is 35.7 Å². The highest BCUT2D eigenvalue weighted by molar-refractivity contribution is 7.99. The molecule has 0 aliphatic rings. The second kappa shape index (κ2) is 8.80. The van der Waals surface area contributed by atoms with Crippen molar-refractivity contribution < 1.29 is 18.0 Å². The van der Waals surface area contributed by atoms with E-state index in [4.69, 9.17) is 4.42 Å². The predicted molar refractivity (Wildman–Crippen MR) is 125 cm³/mol. The van der Waals surface area contributed by atoms with Gasteiger partial charge in [0.1, 0.15) is 11.1 Å². The maximum absolute atomic E-state index is 13.4. The highest BCUT2D eigenvalue weighted by Gasteiger charge is 2.19. The van der Waals surface area contributed by atoms with Gasteiger partial charge < -0.3 is 9.73 Å². The van der Waals surface area contributed by atoms with E-state index in [0.717, 1.165) is 28.8 Å². The van der Waals surface area contributed by atoms with Crippen molar-refractivity contribution in [2.75, 3.05) is 11.1 Å². The topological polar surface area (TPSA) is 77.1 Å². The molecule has 5 rings (SSSR count). The van der Waals surface area contributed by atoms with Gasteiger partial charge in [0.2, 0.25) is 11.5 Å². The van der Waals surface area contributed by atoms with Crippen LogP contribution in [0.2, 0.25) is 0 Å². The highest BCUT2D eigenvalue weighted by Crippen LogP contribution is 2.28. The SMILES string of the molecule is O=C(CSc1nc2c(oc3ccccc32)c(=O)n1Cc1cccs1)Nc1ccc(F)c(F)c1. The van der Waals surface area contributed by atoms with Gasteiger partial charge in [0.25, 0.3) is 5.56 Å². The lowest BCUT2D eigenvalue weighted by atomic mass is 10.2. The fourth-order valence-electron chi connectivity index (χ4n) is 3.36. The van der Waals surface area contributed by atoms with Gasteiger partial charge in [-0.3, -0.25) is 14.2 Å². The Morgan fingerprint density at radius 3 is 2.76 bits per heavy atom. The number of thioether (sulfide) groups is 1. The molecule has 33 heavy (non-hydrogen) atoms. The maximum atomic E-state index is 13.4. The number of carbonyl (C=O) groups is 1. The van der Waals surface area contributed by atoms with Crippen molar-refractivity contribution in [3.63, 3.8) is 0 Å². The molecule has 10 heteroatoms. The number of furan rings is 1. The van der Waals surface area contributed by atoms with Gasteiger partial charge in [-0.2, -0.15) is 0 Å². The van der Waals surface area contributed by atoms with E-state index in [9.17, 15) is 18.4 Å². The van der Waals surface area contributed by atoms with E-state index in [1.165, 1.54) is 22.0 Å². The van der Waals surface area contributed by atoms with Gasteiger partial charge in [0, 0.05) is 22.0 Å². The normalized spacial score (nSPS) is 11.3. The molecule has 0 aliphatic carbocycles. The number of amides is 1. The molecule has 0 aliphatic heterocycles. The fourth-order valence-corrected chi connectivity index (χ4v) is 4.85. The number of halogens is 2. The summed E-state index contributed by atoms with van der Waals surface area (Å²) in [4.78, 5) is 31.3. The first kappa shape index (κ1) is 21.4. The molecule has 0 fully saturated rings. The second-order valence-corrected chi connectivity index (χ2v) is 9.08. The van der Waals surface area contributed by atoms with E-state index in [-0.39, 0.29) is 29.1 Å². The summed E-state index contributed by atoms with van der Waals surface area (Å²) in [5.41, 5.74) is 0.940. The Bertz CT molecular complexity index is 1540. The van der Waals surface area contributed by atoms with Gasteiger partial charge >= 0.3 is 0 Å². The first-order valence-electron chi connectivity index (χ1n) is 9.82. The van der Waals surface area contributed by atoms with E-state index < -0.39 is 17.5 Å². The summed E-state index contributed by atoms with van der Waals surface area (Å²) in [6, 6.07) is 14.2. The molecule has 1 amide bonds. The van der Waals surface area contributed by atoms with E-state index in [2.05, 4.69) is 10.3 Å². The first-order valence-corrected chi connectivity index (χ1v) is 11.7. The molecular weight excluding hydrogens is 468 g/mol. The van der Waals surface area contributed by atoms with Crippen molar-refractivity contribution in [2.24, 2.45) is 0 Å². The van der Waals surface area contributed by atoms with E-state index in [0.29, 0.717) is 21.6 Å². The summed E-state index contributed by atoms with van der Waals surface area (Å²) in [6.45, 7) is 0.281. The molecule has 1 N–H and O–H groups in total.